The van der Waals surface area contributed by atoms with Crippen LogP contribution >= 0.6 is 0 Å². The smallest absolute Gasteiger partial charge is 0.193 e. The zero-order chi connectivity index (χ0) is 15.1. The van der Waals surface area contributed by atoms with E-state index in [1.807, 2.05) is 18.2 Å². The van der Waals surface area contributed by atoms with Crippen LogP contribution in [-0.2, 0) is 9.84 Å². The van der Waals surface area contributed by atoms with Crippen LogP contribution in [-0.4, -0.2) is 14.2 Å². The van der Waals surface area contributed by atoms with Crippen molar-refractivity contribution in [3.05, 3.63) is 88.7 Å². The first-order valence-corrected chi connectivity index (χ1v) is 7.93. The van der Waals surface area contributed by atoms with Gasteiger partial charge in [0.15, 0.2) is 15.6 Å². The van der Waals surface area contributed by atoms with Crippen molar-refractivity contribution in [2.24, 2.45) is 0 Å². The van der Waals surface area contributed by atoms with E-state index in [2.05, 4.69) is 0 Å². The van der Waals surface area contributed by atoms with Gasteiger partial charge in [-0.05, 0) is 17.7 Å². The van der Waals surface area contributed by atoms with Crippen molar-refractivity contribution in [3.8, 4) is 0 Å². The Bertz CT molecular complexity index is 758. The minimum Gasteiger partial charge on any atom is -0.289 e. The zero-order valence-electron chi connectivity index (χ0n) is 11.2. The molecule has 0 radical (unpaired) electrons. The van der Waals surface area contributed by atoms with Gasteiger partial charge in [0, 0.05) is 16.4 Å². The maximum Gasteiger partial charge on any atom is 0.193 e. The Balaban J connectivity index is 2.09. The van der Waals surface area contributed by atoms with Crippen molar-refractivity contribution < 1.29 is 13.2 Å². The third-order valence-corrected chi connectivity index (χ3v) is 3.75. The van der Waals surface area contributed by atoms with Gasteiger partial charge in [0.25, 0.3) is 0 Å². The molecule has 0 N–H and O–H groups in total. The standard InChI is InChI=1S/C17H14O3S/c18-17(16-9-5-2-6-10-16)12-14-21(19,20)13-11-15-7-3-1-4-8-15/h1-14H/b13-11+,14-12+. The average molecular weight is 298 g/mol. The first kappa shape index (κ1) is 14.9. The van der Waals surface area contributed by atoms with Crippen LogP contribution in [0.3, 0.4) is 0 Å². The van der Waals surface area contributed by atoms with Crippen LogP contribution in [0.2, 0.25) is 0 Å². The van der Waals surface area contributed by atoms with Crippen molar-refractivity contribution in [3.63, 3.8) is 0 Å². The van der Waals surface area contributed by atoms with Gasteiger partial charge in [0.2, 0.25) is 0 Å². The summed E-state index contributed by atoms with van der Waals surface area (Å²) >= 11 is 0. The van der Waals surface area contributed by atoms with E-state index in [9.17, 15) is 13.2 Å². The molecular weight excluding hydrogens is 284 g/mol. The summed E-state index contributed by atoms with van der Waals surface area (Å²) < 4.78 is 23.6. The fraction of sp³-hybridized carbons (Fsp3) is 0. The maximum absolute atomic E-state index is 11.8. The molecule has 106 valence electrons. The summed E-state index contributed by atoms with van der Waals surface area (Å²) in [5.41, 5.74) is 1.24. The van der Waals surface area contributed by atoms with Gasteiger partial charge in [-0.25, -0.2) is 8.42 Å². The van der Waals surface area contributed by atoms with Gasteiger partial charge < -0.3 is 0 Å². The number of benzene rings is 2. The molecule has 0 saturated carbocycles. The summed E-state index contributed by atoms with van der Waals surface area (Å²) in [5, 5.41) is 2.00. The quantitative estimate of drug-likeness (QED) is 0.627. The number of hydrogen-bond donors (Lipinski definition) is 0. The molecule has 21 heavy (non-hydrogen) atoms. The van der Waals surface area contributed by atoms with Crippen LogP contribution in [0, 0.1) is 0 Å². The molecule has 0 unspecified atom stereocenters. The summed E-state index contributed by atoms with van der Waals surface area (Å²) in [6.07, 6.45) is 2.56. The Morgan fingerprint density at radius 3 is 2.00 bits per heavy atom. The lowest BCUT2D eigenvalue weighted by molar-refractivity contribution is 0.104. The largest absolute Gasteiger partial charge is 0.289 e. The highest BCUT2D eigenvalue weighted by molar-refractivity contribution is 7.97. The van der Waals surface area contributed by atoms with Gasteiger partial charge in [0.1, 0.15) is 0 Å². The summed E-state index contributed by atoms with van der Waals surface area (Å²) in [6.45, 7) is 0. The van der Waals surface area contributed by atoms with Crippen LogP contribution < -0.4 is 0 Å². The van der Waals surface area contributed by atoms with Crippen LogP contribution in [0.1, 0.15) is 15.9 Å². The van der Waals surface area contributed by atoms with Crippen molar-refractivity contribution in [2.75, 3.05) is 0 Å². The third kappa shape index (κ3) is 4.85. The SMILES string of the molecule is O=C(/C=C/S(=O)(=O)/C=C/c1ccccc1)c1ccccc1. The monoisotopic (exact) mass is 298 g/mol. The molecule has 0 amide bonds. The molecule has 2 aromatic rings. The number of sulfone groups is 1. The van der Waals surface area contributed by atoms with Crippen molar-refractivity contribution >= 4 is 21.7 Å². The topological polar surface area (TPSA) is 51.2 Å². The highest BCUT2D eigenvalue weighted by atomic mass is 32.2. The number of hydrogen-bond acceptors (Lipinski definition) is 3. The zero-order valence-corrected chi connectivity index (χ0v) is 12.0. The predicted molar refractivity (Wildman–Crippen MR) is 84.3 cm³/mol. The van der Waals surface area contributed by atoms with Crippen LogP contribution in [0.15, 0.2) is 77.6 Å². The lowest BCUT2D eigenvalue weighted by Crippen LogP contribution is -1.96. The lowest BCUT2D eigenvalue weighted by Gasteiger charge is -1.94. The van der Waals surface area contributed by atoms with Crippen molar-refractivity contribution in [2.45, 2.75) is 0 Å². The summed E-state index contributed by atoms with van der Waals surface area (Å²) in [6, 6.07) is 17.6. The molecule has 4 heteroatoms. The molecule has 2 aromatic carbocycles. The molecule has 0 aromatic heterocycles. The molecule has 0 bridgehead atoms. The van der Waals surface area contributed by atoms with Crippen LogP contribution in [0.4, 0.5) is 0 Å². The number of ketones is 1. The van der Waals surface area contributed by atoms with E-state index in [0.29, 0.717) is 5.56 Å². The number of rotatable bonds is 5. The highest BCUT2D eigenvalue weighted by Crippen LogP contribution is 2.06. The average Bonchev–Trinajstić information content (AvgIpc) is 2.53. The van der Waals surface area contributed by atoms with E-state index in [-0.39, 0.29) is 5.78 Å². The molecule has 0 aliphatic heterocycles. The van der Waals surface area contributed by atoms with Gasteiger partial charge in [-0.15, -0.1) is 0 Å². The first-order chi connectivity index (χ1) is 10.1. The molecule has 0 saturated heterocycles. The summed E-state index contributed by atoms with van der Waals surface area (Å²) in [7, 11) is -3.56. The second kappa shape index (κ2) is 6.81. The number of allylic oxidation sites excluding steroid dienone is 1. The molecule has 0 spiro atoms. The molecular formula is C17H14O3S. The Morgan fingerprint density at radius 2 is 1.38 bits per heavy atom. The Labute approximate surface area is 124 Å². The lowest BCUT2D eigenvalue weighted by atomic mass is 10.1. The summed E-state index contributed by atoms with van der Waals surface area (Å²) in [4.78, 5) is 11.8. The van der Waals surface area contributed by atoms with Crippen LogP contribution in [0.25, 0.3) is 6.08 Å². The van der Waals surface area contributed by atoms with Gasteiger partial charge in [-0.3, -0.25) is 4.79 Å². The fourth-order valence-corrected chi connectivity index (χ4v) is 2.39. The van der Waals surface area contributed by atoms with E-state index < -0.39 is 9.84 Å². The minimum atomic E-state index is -3.56. The van der Waals surface area contributed by atoms with Gasteiger partial charge >= 0.3 is 0 Å². The normalized spacial score (nSPS) is 12.0. The highest BCUT2D eigenvalue weighted by Gasteiger charge is 2.04. The second-order valence-corrected chi connectivity index (χ2v) is 6.06. The van der Waals surface area contributed by atoms with E-state index in [1.165, 1.54) is 6.08 Å². The van der Waals surface area contributed by atoms with E-state index in [0.717, 1.165) is 22.5 Å². The molecule has 0 fully saturated rings. The number of carbonyl (C=O) groups excluding carboxylic acids is 1. The Kier molecular flexibility index (Phi) is 4.85. The molecule has 0 aliphatic rings. The molecule has 3 nitrogen and oxygen atoms in total. The Hall–Kier alpha value is -2.46. The van der Waals surface area contributed by atoms with E-state index >= 15 is 0 Å². The third-order valence-electron chi connectivity index (χ3n) is 2.72. The van der Waals surface area contributed by atoms with Gasteiger partial charge in [0.05, 0.1) is 0 Å². The van der Waals surface area contributed by atoms with Gasteiger partial charge in [-0.1, -0.05) is 60.7 Å². The number of carbonyl (C=O) groups is 1. The van der Waals surface area contributed by atoms with Crippen molar-refractivity contribution in [1.29, 1.82) is 0 Å². The van der Waals surface area contributed by atoms with Crippen LogP contribution in [0.5, 0.6) is 0 Å². The fourth-order valence-electron chi connectivity index (χ4n) is 1.64. The first-order valence-electron chi connectivity index (χ1n) is 6.32. The Morgan fingerprint density at radius 1 is 0.810 bits per heavy atom. The maximum atomic E-state index is 11.8. The van der Waals surface area contributed by atoms with E-state index in [1.54, 1.807) is 42.5 Å². The second-order valence-electron chi connectivity index (χ2n) is 4.34. The molecule has 0 atom stereocenters. The van der Waals surface area contributed by atoms with Gasteiger partial charge in [-0.2, -0.15) is 0 Å². The van der Waals surface area contributed by atoms with E-state index in [4.69, 9.17) is 0 Å². The summed E-state index contributed by atoms with van der Waals surface area (Å²) in [5.74, 6) is -0.340. The molecule has 0 aliphatic carbocycles. The van der Waals surface area contributed by atoms with Crippen molar-refractivity contribution in [1.82, 2.24) is 0 Å². The predicted octanol–water partition coefficient (Wildman–Crippen LogP) is 3.47. The molecule has 2 rings (SSSR count). The minimum absolute atomic E-state index is 0.340. The molecule has 0 heterocycles.